The first-order valence-electron chi connectivity index (χ1n) is 15.2. The Kier molecular flexibility index (Phi) is 58.8. The molecule has 0 aliphatic rings. The van der Waals surface area contributed by atoms with Crippen molar-refractivity contribution in [2.75, 3.05) is 0 Å². The molecule has 0 rings (SSSR count). The molecule has 0 aromatic rings. The molecule has 0 fully saturated rings. The van der Waals surface area contributed by atoms with Crippen molar-refractivity contribution >= 4 is 0 Å². The van der Waals surface area contributed by atoms with E-state index in [0.717, 1.165) is 0 Å². The van der Waals surface area contributed by atoms with Crippen molar-refractivity contribution in [2.45, 2.75) is 196 Å². The number of hydrogen-bond donors (Lipinski definition) is 0. The maximum atomic E-state index is 3.00. The second-order valence-electron chi connectivity index (χ2n) is 9.36. The molecule has 0 aliphatic heterocycles. The predicted molar refractivity (Wildman–Crippen MR) is 156 cm³/mol. The molecule has 0 saturated carbocycles. The van der Waals surface area contributed by atoms with Crippen LogP contribution in [0.5, 0.6) is 0 Å². The van der Waals surface area contributed by atoms with Crippen molar-refractivity contribution in [3.05, 3.63) is 13.2 Å². The van der Waals surface area contributed by atoms with Crippen LogP contribution in [0.4, 0.5) is 0 Å². The molecule has 0 amide bonds. The first kappa shape index (κ1) is 39.0. The quantitative estimate of drug-likeness (QED) is 0.119. The average Bonchev–Trinajstić information content (AvgIpc) is 2.83. The summed E-state index contributed by atoms with van der Waals surface area (Å²) in [6, 6.07) is 0. The molecular weight excluding hydrogens is 384 g/mol. The smallest absolute Gasteiger partial charge is 0.0533 e. The van der Waals surface area contributed by atoms with E-state index in [0.29, 0.717) is 0 Å². The molecule has 32 heavy (non-hydrogen) atoms. The van der Waals surface area contributed by atoms with Crippen molar-refractivity contribution in [3.8, 4) is 0 Å². The predicted octanol–water partition coefficient (Wildman–Crippen LogP) is 13.2. The fraction of sp³-hybridized carbons (Fsp3) is 0.938. The van der Waals surface area contributed by atoms with Crippen molar-refractivity contribution < 1.29 is 0 Å². The highest BCUT2D eigenvalue weighted by Gasteiger charge is 1.89. The Labute approximate surface area is 208 Å². The van der Waals surface area contributed by atoms with Gasteiger partial charge in [-0.1, -0.05) is 196 Å². The van der Waals surface area contributed by atoms with Crippen LogP contribution in [0.2, 0.25) is 0 Å². The summed E-state index contributed by atoms with van der Waals surface area (Å²) in [4.78, 5) is 0. The molecule has 0 atom stereocenters. The van der Waals surface area contributed by atoms with E-state index in [1.54, 1.807) is 0 Å². The summed E-state index contributed by atoms with van der Waals surface area (Å²) in [5.41, 5.74) is 0. The first-order valence-corrected chi connectivity index (χ1v) is 15.2. The van der Waals surface area contributed by atoms with Crippen LogP contribution in [0, 0.1) is 0 Å². The van der Waals surface area contributed by atoms with Gasteiger partial charge in [0, 0.05) is 0 Å². The molecule has 0 unspecified atom stereocenters. The van der Waals surface area contributed by atoms with E-state index in [1.807, 2.05) is 0 Å². The Morgan fingerprint density at radius 2 is 0.312 bits per heavy atom. The zero-order valence-corrected chi connectivity index (χ0v) is 24.4. The lowest BCUT2D eigenvalue weighted by atomic mass is 10.1. The van der Waals surface area contributed by atoms with E-state index >= 15 is 0 Å². The third-order valence-corrected chi connectivity index (χ3v) is 5.87. The standard InChI is InChI=1S/3C10H22.C2H4/c3*1-3-5-7-9-10-8-6-4-2;1-2/h3*3-10H2,1-2H3;1-2H2. The molecule has 0 heteroatoms. The zero-order chi connectivity index (χ0) is 25.0. The third-order valence-electron chi connectivity index (χ3n) is 5.87. The summed E-state index contributed by atoms with van der Waals surface area (Å²) < 4.78 is 0. The summed E-state index contributed by atoms with van der Waals surface area (Å²) in [7, 11) is 0. The van der Waals surface area contributed by atoms with Gasteiger partial charge in [-0.15, -0.1) is 13.2 Å². The highest BCUT2D eigenvalue weighted by Crippen LogP contribution is 2.09. The molecule has 0 aromatic carbocycles. The topological polar surface area (TPSA) is 0 Å². The minimum absolute atomic E-state index is 1.37. The Balaban J connectivity index is -0.000000176. The second kappa shape index (κ2) is 48.2. The Bertz CT molecular complexity index is 170. The molecule has 0 saturated heterocycles. The minimum Gasteiger partial charge on any atom is -0.106 e. The summed E-state index contributed by atoms with van der Waals surface area (Å²) >= 11 is 0. The minimum atomic E-state index is 1.37. The van der Waals surface area contributed by atoms with Gasteiger partial charge in [-0.25, -0.2) is 0 Å². The maximum absolute atomic E-state index is 3.00. The second-order valence-corrected chi connectivity index (χ2v) is 9.36. The molecule has 0 spiro atoms. The number of hydrogen-bond acceptors (Lipinski definition) is 0. The van der Waals surface area contributed by atoms with Gasteiger partial charge >= 0.3 is 0 Å². The molecular formula is C32H70. The van der Waals surface area contributed by atoms with E-state index in [-0.39, 0.29) is 0 Å². The Morgan fingerprint density at radius 3 is 0.406 bits per heavy atom. The van der Waals surface area contributed by atoms with Gasteiger partial charge in [0.15, 0.2) is 0 Å². The summed E-state index contributed by atoms with van der Waals surface area (Å²) in [5, 5.41) is 0. The molecule has 0 nitrogen and oxygen atoms in total. The van der Waals surface area contributed by atoms with Crippen LogP contribution in [-0.4, -0.2) is 0 Å². The number of unbranched alkanes of at least 4 members (excludes halogenated alkanes) is 21. The van der Waals surface area contributed by atoms with Gasteiger partial charge in [0.1, 0.15) is 0 Å². The fourth-order valence-electron chi connectivity index (χ4n) is 3.62. The summed E-state index contributed by atoms with van der Waals surface area (Å²) in [5.74, 6) is 0. The highest BCUT2D eigenvalue weighted by atomic mass is 14.0. The first-order chi connectivity index (χ1) is 15.7. The lowest BCUT2D eigenvalue weighted by Crippen LogP contribution is -1.77. The van der Waals surface area contributed by atoms with Crippen LogP contribution in [0.3, 0.4) is 0 Å². The van der Waals surface area contributed by atoms with Gasteiger partial charge in [-0.2, -0.15) is 0 Å². The molecule has 0 heterocycles. The van der Waals surface area contributed by atoms with E-state index in [1.165, 1.54) is 154 Å². The van der Waals surface area contributed by atoms with Gasteiger partial charge in [-0.3, -0.25) is 0 Å². The van der Waals surface area contributed by atoms with Crippen LogP contribution in [0.1, 0.15) is 196 Å². The third kappa shape index (κ3) is 57.1. The van der Waals surface area contributed by atoms with E-state index in [9.17, 15) is 0 Å². The van der Waals surface area contributed by atoms with Crippen LogP contribution < -0.4 is 0 Å². The summed E-state index contributed by atoms with van der Waals surface area (Å²) in [6.45, 7) is 19.6. The Morgan fingerprint density at radius 1 is 0.219 bits per heavy atom. The lowest BCUT2D eigenvalue weighted by molar-refractivity contribution is 0.585. The molecule has 0 N–H and O–H groups in total. The monoisotopic (exact) mass is 455 g/mol. The normalized spacial score (nSPS) is 9.69. The fourth-order valence-corrected chi connectivity index (χ4v) is 3.62. The van der Waals surface area contributed by atoms with Crippen LogP contribution in [0.15, 0.2) is 13.2 Å². The van der Waals surface area contributed by atoms with Gasteiger partial charge < -0.3 is 0 Å². The van der Waals surface area contributed by atoms with Gasteiger partial charge in [0.05, 0.1) is 0 Å². The molecule has 0 radical (unpaired) electrons. The van der Waals surface area contributed by atoms with Crippen molar-refractivity contribution in [1.29, 1.82) is 0 Å². The van der Waals surface area contributed by atoms with Crippen LogP contribution in [0.25, 0.3) is 0 Å². The average molecular weight is 455 g/mol. The lowest BCUT2D eigenvalue weighted by Gasteiger charge is -1.97. The molecule has 0 aromatic heterocycles. The van der Waals surface area contributed by atoms with Crippen molar-refractivity contribution in [2.24, 2.45) is 0 Å². The van der Waals surface area contributed by atoms with Gasteiger partial charge in [0.25, 0.3) is 0 Å². The molecule has 0 aliphatic carbocycles. The largest absolute Gasteiger partial charge is 0.106 e. The van der Waals surface area contributed by atoms with Crippen molar-refractivity contribution in [1.82, 2.24) is 0 Å². The highest BCUT2D eigenvalue weighted by molar-refractivity contribution is 4.45. The van der Waals surface area contributed by atoms with Crippen molar-refractivity contribution in [3.63, 3.8) is 0 Å². The van der Waals surface area contributed by atoms with E-state index < -0.39 is 0 Å². The van der Waals surface area contributed by atoms with Crippen LogP contribution in [-0.2, 0) is 0 Å². The molecule has 198 valence electrons. The van der Waals surface area contributed by atoms with Gasteiger partial charge in [0.2, 0.25) is 0 Å². The van der Waals surface area contributed by atoms with Crippen LogP contribution >= 0.6 is 0 Å². The zero-order valence-electron chi connectivity index (χ0n) is 24.4. The van der Waals surface area contributed by atoms with Gasteiger partial charge in [-0.05, 0) is 0 Å². The summed E-state index contributed by atoms with van der Waals surface area (Å²) in [6.07, 6.45) is 34.4. The SMILES string of the molecule is C=C.CCCCCCCCCC.CCCCCCCCCC.CCCCCCCCCC. The van der Waals surface area contributed by atoms with E-state index in [4.69, 9.17) is 0 Å². The van der Waals surface area contributed by atoms with E-state index in [2.05, 4.69) is 54.7 Å². The molecule has 0 bridgehead atoms. The number of rotatable bonds is 21. The maximum Gasteiger partial charge on any atom is -0.0533 e. The Hall–Kier alpha value is -0.260.